The van der Waals surface area contributed by atoms with Crippen molar-refractivity contribution in [1.82, 2.24) is 10.2 Å². The third-order valence-electron chi connectivity index (χ3n) is 2.71. The minimum Gasteiger partial charge on any atom is -0.352 e. The lowest BCUT2D eigenvalue weighted by atomic mass is 10.1. The zero-order chi connectivity index (χ0) is 10.6. The summed E-state index contributed by atoms with van der Waals surface area (Å²) >= 11 is 0. The van der Waals surface area contributed by atoms with E-state index in [4.69, 9.17) is 0 Å². The summed E-state index contributed by atoms with van der Waals surface area (Å²) in [6.45, 7) is 6.41. The molecular weight excluding hydrogens is 176 g/mol. The van der Waals surface area contributed by atoms with Crippen LogP contribution in [0.4, 0.5) is 0 Å². The van der Waals surface area contributed by atoms with Gasteiger partial charge >= 0.3 is 0 Å². The van der Waals surface area contributed by atoms with Crippen molar-refractivity contribution < 1.29 is 4.79 Å². The number of hydrogen-bond acceptors (Lipinski definition) is 2. The van der Waals surface area contributed by atoms with Crippen LogP contribution >= 0.6 is 0 Å². The second kappa shape index (κ2) is 5.35. The number of amides is 1. The molecule has 0 aromatic heterocycles. The molecule has 0 aromatic carbocycles. The summed E-state index contributed by atoms with van der Waals surface area (Å²) in [5.74, 6) is 0.839. The molecule has 1 heterocycles. The van der Waals surface area contributed by atoms with Crippen LogP contribution in [0.5, 0.6) is 0 Å². The van der Waals surface area contributed by atoms with Crippen molar-refractivity contribution in [2.45, 2.75) is 39.2 Å². The van der Waals surface area contributed by atoms with E-state index in [2.05, 4.69) is 31.1 Å². The largest absolute Gasteiger partial charge is 0.352 e. The summed E-state index contributed by atoms with van der Waals surface area (Å²) in [5.41, 5.74) is 0. The van der Waals surface area contributed by atoms with Gasteiger partial charge in [0, 0.05) is 19.0 Å². The summed E-state index contributed by atoms with van der Waals surface area (Å²) in [6.07, 6.45) is 2.77. The Bertz CT molecular complexity index is 192. The second-order valence-corrected chi connectivity index (χ2v) is 4.75. The zero-order valence-electron chi connectivity index (χ0n) is 9.55. The van der Waals surface area contributed by atoms with Crippen LogP contribution < -0.4 is 5.32 Å². The van der Waals surface area contributed by atoms with Gasteiger partial charge in [0.05, 0.1) is 0 Å². The fourth-order valence-corrected chi connectivity index (χ4v) is 1.77. The quantitative estimate of drug-likeness (QED) is 0.737. The molecule has 1 fully saturated rings. The average Bonchev–Trinajstić information content (AvgIpc) is 2.48. The lowest BCUT2D eigenvalue weighted by Gasteiger charge is -2.13. The molecule has 0 aliphatic carbocycles. The van der Waals surface area contributed by atoms with E-state index >= 15 is 0 Å². The first-order chi connectivity index (χ1) is 6.58. The number of likely N-dealkylation sites (N-methyl/N-ethyl adjacent to an activating group) is 1. The number of rotatable bonds is 4. The highest BCUT2D eigenvalue weighted by molar-refractivity contribution is 5.76. The molecule has 0 aromatic rings. The van der Waals surface area contributed by atoms with Gasteiger partial charge in [-0.15, -0.1) is 0 Å². The number of carbonyl (C=O) groups excluding carboxylic acids is 1. The number of carbonyl (C=O) groups is 1. The summed E-state index contributed by atoms with van der Waals surface area (Å²) in [7, 11) is 2.10. The third kappa shape index (κ3) is 4.09. The predicted molar refractivity (Wildman–Crippen MR) is 58.1 cm³/mol. The fourth-order valence-electron chi connectivity index (χ4n) is 1.77. The summed E-state index contributed by atoms with van der Waals surface area (Å²) in [6, 6.07) is 0.389. The SMILES string of the molecule is CC(C)CCC(=O)NC1CCN(C)C1. The summed E-state index contributed by atoms with van der Waals surface area (Å²) < 4.78 is 0. The maximum absolute atomic E-state index is 11.5. The van der Waals surface area contributed by atoms with Gasteiger partial charge in [0.1, 0.15) is 0 Å². The highest BCUT2D eigenvalue weighted by Gasteiger charge is 2.20. The van der Waals surface area contributed by atoms with Crippen LogP contribution in [0, 0.1) is 5.92 Å². The van der Waals surface area contributed by atoms with Gasteiger partial charge in [0.2, 0.25) is 5.91 Å². The van der Waals surface area contributed by atoms with Crippen LogP contribution in [0.3, 0.4) is 0 Å². The normalized spacial score (nSPS) is 23.0. The summed E-state index contributed by atoms with van der Waals surface area (Å²) in [4.78, 5) is 13.7. The van der Waals surface area contributed by atoms with E-state index in [9.17, 15) is 4.79 Å². The van der Waals surface area contributed by atoms with E-state index in [0.717, 1.165) is 25.9 Å². The van der Waals surface area contributed by atoms with Gasteiger partial charge in [-0.1, -0.05) is 13.8 Å². The number of nitrogens with zero attached hydrogens (tertiary/aromatic N) is 1. The van der Waals surface area contributed by atoms with E-state index in [1.165, 1.54) is 0 Å². The Balaban J connectivity index is 2.14. The fraction of sp³-hybridized carbons (Fsp3) is 0.909. The zero-order valence-corrected chi connectivity index (χ0v) is 9.55. The predicted octanol–water partition coefficient (Wildman–Crippen LogP) is 1.24. The van der Waals surface area contributed by atoms with Gasteiger partial charge in [-0.3, -0.25) is 4.79 Å². The Morgan fingerprint density at radius 1 is 1.57 bits per heavy atom. The van der Waals surface area contributed by atoms with Crippen molar-refractivity contribution in [3.8, 4) is 0 Å². The molecule has 0 spiro atoms. The molecular formula is C11H22N2O. The lowest BCUT2D eigenvalue weighted by molar-refractivity contribution is -0.122. The maximum atomic E-state index is 11.5. The van der Waals surface area contributed by atoms with Crippen molar-refractivity contribution in [3.63, 3.8) is 0 Å². The minimum atomic E-state index is 0.221. The molecule has 0 radical (unpaired) electrons. The van der Waals surface area contributed by atoms with E-state index in [0.29, 0.717) is 18.4 Å². The molecule has 3 heteroatoms. The molecule has 1 amide bonds. The molecule has 82 valence electrons. The first-order valence-electron chi connectivity index (χ1n) is 5.56. The van der Waals surface area contributed by atoms with Crippen LogP contribution in [0.2, 0.25) is 0 Å². The van der Waals surface area contributed by atoms with Crippen LogP contribution in [0.15, 0.2) is 0 Å². The molecule has 1 aliphatic rings. The van der Waals surface area contributed by atoms with Gasteiger partial charge in [-0.25, -0.2) is 0 Å². The highest BCUT2D eigenvalue weighted by Crippen LogP contribution is 2.08. The number of hydrogen-bond donors (Lipinski definition) is 1. The Hall–Kier alpha value is -0.570. The van der Waals surface area contributed by atoms with Crippen molar-refractivity contribution >= 4 is 5.91 Å². The van der Waals surface area contributed by atoms with Gasteiger partial charge in [-0.05, 0) is 32.4 Å². The third-order valence-corrected chi connectivity index (χ3v) is 2.71. The molecule has 1 unspecified atom stereocenters. The van der Waals surface area contributed by atoms with Gasteiger partial charge in [-0.2, -0.15) is 0 Å². The smallest absolute Gasteiger partial charge is 0.220 e. The lowest BCUT2D eigenvalue weighted by Crippen LogP contribution is -2.36. The van der Waals surface area contributed by atoms with Gasteiger partial charge in [0.25, 0.3) is 0 Å². The topological polar surface area (TPSA) is 32.3 Å². The minimum absolute atomic E-state index is 0.221. The van der Waals surface area contributed by atoms with Crippen molar-refractivity contribution in [1.29, 1.82) is 0 Å². The molecule has 0 saturated carbocycles. The molecule has 1 atom stereocenters. The van der Waals surface area contributed by atoms with Gasteiger partial charge in [0.15, 0.2) is 0 Å². The molecule has 14 heavy (non-hydrogen) atoms. The van der Waals surface area contributed by atoms with Crippen molar-refractivity contribution in [2.24, 2.45) is 5.92 Å². The van der Waals surface area contributed by atoms with Crippen molar-refractivity contribution in [3.05, 3.63) is 0 Å². The van der Waals surface area contributed by atoms with E-state index in [1.807, 2.05) is 0 Å². The van der Waals surface area contributed by atoms with E-state index in [-0.39, 0.29) is 5.91 Å². The Kier molecular flexibility index (Phi) is 4.39. The second-order valence-electron chi connectivity index (χ2n) is 4.75. The van der Waals surface area contributed by atoms with Crippen LogP contribution in [0.25, 0.3) is 0 Å². The molecule has 1 rings (SSSR count). The number of nitrogens with one attached hydrogen (secondary N) is 1. The Labute approximate surface area is 86.9 Å². The van der Waals surface area contributed by atoms with Crippen LogP contribution in [-0.4, -0.2) is 37.0 Å². The molecule has 0 bridgehead atoms. The van der Waals surface area contributed by atoms with Crippen LogP contribution in [0.1, 0.15) is 33.1 Å². The molecule has 1 N–H and O–H groups in total. The van der Waals surface area contributed by atoms with E-state index < -0.39 is 0 Å². The van der Waals surface area contributed by atoms with E-state index in [1.54, 1.807) is 0 Å². The first kappa shape index (κ1) is 11.5. The number of likely N-dealkylation sites (tertiary alicyclic amines) is 1. The Morgan fingerprint density at radius 3 is 2.79 bits per heavy atom. The van der Waals surface area contributed by atoms with Crippen molar-refractivity contribution in [2.75, 3.05) is 20.1 Å². The van der Waals surface area contributed by atoms with Gasteiger partial charge < -0.3 is 10.2 Å². The first-order valence-corrected chi connectivity index (χ1v) is 5.56. The standard InChI is InChI=1S/C11H22N2O/c1-9(2)4-5-11(14)12-10-6-7-13(3)8-10/h9-10H,4-8H2,1-3H3,(H,12,14). The maximum Gasteiger partial charge on any atom is 0.220 e. The monoisotopic (exact) mass is 198 g/mol. The Morgan fingerprint density at radius 2 is 2.29 bits per heavy atom. The average molecular weight is 198 g/mol. The molecule has 3 nitrogen and oxygen atoms in total. The molecule has 1 aliphatic heterocycles. The highest BCUT2D eigenvalue weighted by atomic mass is 16.1. The summed E-state index contributed by atoms with van der Waals surface area (Å²) in [5, 5.41) is 3.08. The van der Waals surface area contributed by atoms with Crippen LogP contribution in [-0.2, 0) is 4.79 Å². The molecule has 1 saturated heterocycles.